The molecule has 29 heavy (non-hydrogen) atoms. The summed E-state index contributed by atoms with van der Waals surface area (Å²) in [6.07, 6.45) is 3.30. The molecule has 2 nitrogen and oxygen atoms in total. The largest absolute Gasteiger partial charge is 0.365 e. The highest BCUT2D eigenvalue weighted by atomic mass is 19.1. The summed E-state index contributed by atoms with van der Waals surface area (Å²) in [6.45, 7) is 2.13. The SMILES string of the molecule is CCCc1ccc2c(c1)CCc1c-2ccc(-c2cc(F)c(C(N)=O)c(F)c2)c1F. The Labute approximate surface area is 167 Å². The van der Waals surface area contributed by atoms with Crippen LogP contribution in [-0.2, 0) is 19.3 Å². The van der Waals surface area contributed by atoms with Gasteiger partial charge in [-0.25, -0.2) is 13.2 Å². The molecule has 0 fully saturated rings. The van der Waals surface area contributed by atoms with Gasteiger partial charge in [0.25, 0.3) is 5.91 Å². The van der Waals surface area contributed by atoms with Crippen molar-refractivity contribution in [1.29, 1.82) is 0 Å². The molecule has 0 saturated carbocycles. The molecule has 0 aromatic heterocycles. The van der Waals surface area contributed by atoms with Gasteiger partial charge in [-0.3, -0.25) is 4.79 Å². The van der Waals surface area contributed by atoms with Crippen LogP contribution in [0.4, 0.5) is 13.2 Å². The summed E-state index contributed by atoms with van der Waals surface area (Å²) in [5, 5.41) is 0. The lowest BCUT2D eigenvalue weighted by Gasteiger charge is -2.22. The first-order valence-corrected chi connectivity index (χ1v) is 9.63. The van der Waals surface area contributed by atoms with Crippen molar-refractivity contribution in [1.82, 2.24) is 0 Å². The highest BCUT2D eigenvalue weighted by molar-refractivity contribution is 5.94. The number of carbonyl (C=O) groups excluding carboxylic acids is 1. The van der Waals surface area contributed by atoms with Crippen molar-refractivity contribution in [2.75, 3.05) is 0 Å². The third kappa shape index (κ3) is 3.31. The van der Waals surface area contributed by atoms with Gasteiger partial charge < -0.3 is 5.73 Å². The zero-order chi connectivity index (χ0) is 20.7. The van der Waals surface area contributed by atoms with E-state index in [1.807, 2.05) is 6.07 Å². The molecule has 3 aromatic rings. The minimum absolute atomic E-state index is 0.0365. The molecule has 0 spiro atoms. The van der Waals surface area contributed by atoms with Gasteiger partial charge in [0.05, 0.1) is 0 Å². The summed E-state index contributed by atoms with van der Waals surface area (Å²) in [5.41, 5.74) is 9.14. The van der Waals surface area contributed by atoms with E-state index >= 15 is 4.39 Å². The molecule has 0 atom stereocenters. The maximum atomic E-state index is 15.3. The molecule has 0 unspecified atom stereocenters. The Balaban J connectivity index is 1.80. The van der Waals surface area contributed by atoms with Crippen LogP contribution >= 0.6 is 0 Å². The minimum atomic E-state index is -1.20. The average Bonchev–Trinajstić information content (AvgIpc) is 2.67. The Morgan fingerprint density at radius 1 is 0.931 bits per heavy atom. The highest BCUT2D eigenvalue weighted by Gasteiger charge is 2.23. The van der Waals surface area contributed by atoms with Crippen molar-refractivity contribution in [2.24, 2.45) is 5.73 Å². The fourth-order valence-corrected chi connectivity index (χ4v) is 4.13. The van der Waals surface area contributed by atoms with Crippen LogP contribution in [0.25, 0.3) is 22.3 Å². The number of nitrogens with two attached hydrogens (primary N) is 1. The predicted molar refractivity (Wildman–Crippen MR) is 107 cm³/mol. The molecule has 0 heterocycles. The molecule has 1 amide bonds. The second kappa shape index (κ2) is 7.39. The molecule has 1 aliphatic carbocycles. The van der Waals surface area contributed by atoms with Gasteiger partial charge in [-0.1, -0.05) is 43.7 Å². The summed E-state index contributed by atoms with van der Waals surface area (Å²) >= 11 is 0. The Bertz CT molecular complexity index is 1110. The number of carbonyl (C=O) groups is 1. The van der Waals surface area contributed by atoms with Crippen LogP contribution in [0.3, 0.4) is 0 Å². The van der Waals surface area contributed by atoms with E-state index in [2.05, 4.69) is 19.1 Å². The number of fused-ring (bicyclic) bond motifs is 3. The van der Waals surface area contributed by atoms with Gasteiger partial charge >= 0.3 is 0 Å². The average molecular weight is 395 g/mol. The molecule has 148 valence electrons. The van der Waals surface area contributed by atoms with Gasteiger partial charge in [-0.05, 0) is 64.8 Å². The number of hydrogen-bond donors (Lipinski definition) is 1. The number of aryl methyl sites for hydroxylation is 2. The molecule has 1 aliphatic rings. The Kier molecular flexibility index (Phi) is 4.91. The van der Waals surface area contributed by atoms with Crippen molar-refractivity contribution < 1.29 is 18.0 Å². The molecule has 0 radical (unpaired) electrons. The number of hydrogen-bond acceptors (Lipinski definition) is 1. The molecular formula is C24H20F3NO. The number of rotatable bonds is 4. The van der Waals surface area contributed by atoms with Crippen molar-refractivity contribution in [3.05, 3.63) is 82.2 Å². The monoisotopic (exact) mass is 395 g/mol. The first kappa shape index (κ1) is 19.2. The lowest BCUT2D eigenvalue weighted by atomic mass is 9.82. The van der Waals surface area contributed by atoms with E-state index in [1.54, 1.807) is 6.07 Å². The number of benzene rings is 3. The predicted octanol–water partition coefficient (Wildman–Crippen LogP) is 5.59. The normalized spacial score (nSPS) is 12.4. The van der Waals surface area contributed by atoms with E-state index in [4.69, 9.17) is 5.73 Å². The first-order valence-electron chi connectivity index (χ1n) is 9.63. The number of amides is 1. The topological polar surface area (TPSA) is 43.1 Å². The smallest absolute Gasteiger partial charge is 0.254 e. The third-order valence-corrected chi connectivity index (χ3v) is 5.49. The zero-order valence-corrected chi connectivity index (χ0v) is 16.0. The quantitative estimate of drug-likeness (QED) is 0.615. The molecule has 2 N–H and O–H groups in total. The van der Waals surface area contributed by atoms with Gasteiger partial charge in [-0.2, -0.15) is 0 Å². The Hall–Kier alpha value is -3.08. The van der Waals surface area contributed by atoms with E-state index < -0.39 is 28.9 Å². The molecule has 5 heteroatoms. The lowest BCUT2D eigenvalue weighted by molar-refractivity contribution is 0.0992. The molecule has 4 rings (SSSR count). The summed E-state index contributed by atoms with van der Waals surface area (Å²) < 4.78 is 43.6. The van der Waals surface area contributed by atoms with E-state index in [0.717, 1.165) is 36.1 Å². The number of primary amides is 1. The minimum Gasteiger partial charge on any atom is -0.365 e. The summed E-state index contributed by atoms with van der Waals surface area (Å²) in [6, 6.07) is 11.5. The van der Waals surface area contributed by atoms with E-state index in [0.29, 0.717) is 18.4 Å². The summed E-state index contributed by atoms with van der Waals surface area (Å²) in [5.74, 6) is -3.88. The maximum Gasteiger partial charge on any atom is 0.254 e. The second-order valence-corrected chi connectivity index (χ2v) is 7.37. The molecule has 0 aliphatic heterocycles. The maximum absolute atomic E-state index is 15.3. The summed E-state index contributed by atoms with van der Waals surface area (Å²) in [4.78, 5) is 11.2. The van der Waals surface area contributed by atoms with Gasteiger partial charge in [0.1, 0.15) is 23.0 Å². The molecule has 0 saturated heterocycles. The molecule has 0 bridgehead atoms. The van der Waals surface area contributed by atoms with Crippen molar-refractivity contribution in [3.8, 4) is 22.3 Å². The first-order chi connectivity index (χ1) is 13.9. The van der Waals surface area contributed by atoms with E-state index in [-0.39, 0.29) is 11.1 Å². The van der Waals surface area contributed by atoms with Gasteiger partial charge in [0.15, 0.2) is 0 Å². The second-order valence-electron chi connectivity index (χ2n) is 7.37. The zero-order valence-electron chi connectivity index (χ0n) is 16.0. The standard InChI is InChI=1S/C24H20F3NO/c1-2-3-13-4-6-16-14(10-13)5-7-19-18(16)9-8-17(23(19)27)15-11-20(25)22(24(28)29)21(26)12-15/h4,6,8-12H,2-3,5,7H2,1H3,(H2,28,29). The van der Waals surface area contributed by atoms with Crippen LogP contribution in [0, 0.1) is 17.5 Å². The summed E-state index contributed by atoms with van der Waals surface area (Å²) in [7, 11) is 0. The Morgan fingerprint density at radius 2 is 1.59 bits per heavy atom. The molecule has 3 aromatic carbocycles. The van der Waals surface area contributed by atoms with Crippen LogP contribution in [0.5, 0.6) is 0 Å². The Morgan fingerprint density at radius 3 is 2.24 bits per heavy atom. The van der Waals surface area contributed by atoms with Gasteiger partial charge in [0, 0.05) is 5.56 Å². The van der Waals surface area contributed by atoms with E-state index in [9.17, 15) is 13.6 Å². The van der Waals surface area contributed by atoms with Gasteiger partial charge in [0.2, 0.25) is 0 Å². The highest BCUT2D eigenvalue weighted by Crippen LogP contribution is 2.39. The van der Waals surface area contributed by atoms with Crippen LogP contribution < -0.4 is 5.73 Å². The van der Waals surface area contributed by atoms with Crippen LogP contribution in [-0.4, -0.2) is 5.91 Å². The fraction of sp³-hybridized carbons (Fsp3) is 0.208. The van der Waals surface area contributed by atoms with Crippen molar-refractivity contribution >= 4 is 5.91 Å². The van der Waals surface area contributed by atoms with Gasteiger partial charge in [-0.15, -0.1) is 0 Å². The molecular weight excluding hydrogens is 375 g/mol. The third-order valence-electron chi connectivity index (χ3n) is 5.49. The van der Waals surface area contributed by atoms with E-state index in [1.165, 1.54) is 17.2 Å². The lowest BCUT2D eigenvalue weighted by Crippen LogP contribution is -2.15. The van der Waals surface area contributed by atoms with Crippen LogP contribution in [0.15, 0.2) is 42.5 Å². The van der Waals surface area contributed by atoms with Crippen LogP contribution in [0.2, 0.25) is 0 Å². The van der Waals surface area contributed by atoms with Crippen molar-refractivity contribution in [3.63, 3.8) is 0 Å². The van der Waals surface area contributed by atoms with Crippen LogP contribution in [0.1, 0.15) is 40.4 Å². The van der Waals surface area contributed by atoms with Crippen molar-refractivity contribution in [2.45, 2.75) is 32.6 Å². The number of halogens is 3. The fourth-order valence-electron chi connectivity index (χ4n) is 4.13.